The largest absolute Gasteiger partial charge is 0.340 e. The molecule has 5 heteroatoms. The molecule has 1 heterocycles. The summed E-state index contributed by atoms with van der Waals surface area (Å²) in [6.45, 7) is 9.54. The van der Waals surface area contributed by atoms with Crippen LogP contribution in [0.2, 0.25) is 0 Å². The fourth-order valence-electron chi connectivity index (χ4n) is 3.42. The molecule has 1 saturated carbocycles. The Morgan fingerprint density at radius 3 is 2.25 bits per heavy atom. The Kier molecular flexibility index (Phi) is 4.90. The zero-order chi connectivity index (χ0) is 17.3. The summed E-state index contributed by atoms with van der Waals surface area (Å²) >= 11 is 0. The van der Waals surface area contributed by atoms with E-state index < -0.39 is 0 Å². The van der Waals surface area contributed by atoms with Crippen LogP contribution in [0.4, 0.5) is 5.69 Å². The van der Waals surface area contributed by atoms with E-state index in [1.165, 1.54) is 0 Å². The van der Waals surface area contributed by atoms with Gasteiger partial charge in [-0.25, -0.2) is 0 Å². The highest BCUT2D eigenvalue weighted by atomic mass is 16.2. The standard InChI is InChI=1S/C19H27N3O2/c1-13-5-4-6-14(2)18(13)20-17(23)12-21-7-9-22(10-8-21)19(24)16-11-15(16)3/h4-6,15-16H,7-12H2,1-3H3,(H,20,23)/t15-,16-/m0/s1. The molecule has 1 N–H and O–H groups in total. The van der Waals surface area contributed by atoms with Gasteiger partial charge in [-0.15, -0.1) is 0 Å². The van der Waals surface area contributed by atoms with Gasteiger partial charge < -0.3 is 10.2 Å². The molecule has 0 bridgehead atoms. The smallest absolute Gasteiger partial charge is 0.238 e. The van der Waals surface area contributed by atoms with Crippen molar-refractivity contribution in [2.24, 2.45) is 11.8 Å². The number of carbonyl (C=O) groups excluding carboxylic acids is 2. The topological polar surface area (TPSA) is 52.7 Å². The SMILES string of the molecule is Cc1cccc(C)c1NC(=O)CN1CCN(C(=O)[C@H]2C[C@@H]2C)CC1. The van der Waals surface area contributed by atoms with Gasteiger partial charge in [0, 0.05) is 37.8 Å². The molecular formula is C19H27N3O2. The Bertz CT molecular complexity index is 615. The Hall–Kier alpha value is -1.88. The molecule has 0 aromatic heterocycles. The number of piperazine rings is 1. The van der Waals surface area contributed by atoms with E-state index >= 15 is 0 Å². The third kappa shape index (κ3) is 3.78. The molecule has 1 aromatic carbocycles. The van der Waals surface area contributed by atoms with Crippen LogP contribution in [0.5, 0.6) is 0 Å². The van der Waals surface area contributed by atoms with Crippen LogP contribution in [0.15, 0.2) is 18.2 Å². The highest BCUT2D eigenvalue weighted by Crippen LogP contribution is 2.39. The van der Waals surface area contributed by atoms with Crippen molar-refractivity contribution in [3.63, 3.8) is 0 Å². The van der Waals surface area contributed by atoms with E-state index in [1.807, 2.05) is 36.9 Å². The summed E-state index contributed by atoms with van der Waals surface area (Å²) in [6.07, 6.45) is 1.04. The van der Waals surface area contributed by atoms with Gasteiger partial charge in [-0.05, 0) is 37.3 Å². The van der Waals surface area contributed by atoms with Crippen molar-refractivity contribution in [1.82, 2.24) is 9.80 Å². The average Bonchev–Trinajstić information content (AvgIpc) is 3.28. The fourth-order valence-corrected chi connectivity index (χ4v) is 3.42. The van der Waals surface area contributed by atoms with Gasteiger partial charge in [0.2, 0.25) is 11.8 Å². The normalized spacial score (nSPS) is 23.9. The second-order valence-corrected chi connectivity index (χ2v) is 7.24. The van der Waals surface area contributed by atoms with Crippen molar-refractivity contribution in [1.29, 1.82) is 0 Å². The van der Waals surface area contributed by atoms with Crippen molar-refractivity contribution in [3.05, 3.63) is 29.3 Å². The maximum absolute atomic E-state index is 12.3. The first-order chi connectivity index (χ1) is 11.5. The monoisotopic (exact) mass is 329 g/mol. The summed E-state index contributed by atoms with van der Waals surface area (Å²) < 4.78 is 0. The molecule has 0 unspecified atom stereocenters. The van der Waals surface area contributed by atoms with Gasteiger partial charge in [-0.3, -0.25) is 14.5 Å². The lowest BCUT2D eigenvalue weighted by atomic mass is 10.1. The number of rotatable bonds is 4. The minimum Gasteiger partial charge on any atom is -0.340 e. The number of amides is 2. The Morgan fingerprint density at radius 1 is 1.12 bits per heavy atom. The van der Waals surface area contributed by atoms with E-state index in [0.29, 0.717) is 18.4 Å². The Balaban J connectivity index is 1.47. The first-order valence-corrected chi connectivity index (χ1v) is 8.83. The highest BCUT2D eigenvalue weighted by molar-refractivity contribution is 5.93. The van der Waals surface area contributed by atoms with E-state index in [9.17, 15) is 9.59 Å². The highest BCUT2D eigenvalue weighted by Gasteiger charge is 2.41. The van der Waals surface area contributed by atoms with Crippen LogP contribution >= 0.6 is 0 Å². The molecule has 2 amide bonds. The number of nitrogens with zero attached hydrogens (tertiary/aromatic N) is 2. The van der Waals surface area contributed by atoms with Crippen LogP contribution in [-0.4, -0.2) is 54.3 Å². The minimum atomic E-state index is 0.0167. The molecule has 0 radical (unpaired) electrons. The maximum Gasteiger partial charge on any atom is 0.238 e. The van der Waals surface area contributed by atoms with Crippen molar-refractivity contribution >= 4 is 17.5 Å². The lowest BCUT2D eigenvalue weighted by Crippen LogP contribution is -2.51. The maximum atomic E-state index is 12.3. The van der Waals surface area contributed by atoms with Gasteiger partial charge in [0.15, 0.2) is 0 Å². The number of para-hydroxylation sites is 1. The summed E-state index contributed by atoms with van der Waals surface area (Å²) in [7, 11) is 0. The molecule has 0 spiro atoms. The lowest BCUT2D eigenvalue weighted by molar-refractivity contribution is -0.134. The van der Waals surface area contributed by atoms with Crippen molar-refractivity contribution in [2.45, 2.75) is 27.2 Å². The second-order valence-electron chi connectivity index (χ2n) is 7.24. The molecule has 3 rings (SSSR count). The van der Waals surface area contributed by atoms with Crippen molar-refractivity contribution in [2.75, 3.05) is 38.0 Å². The molecule has 2 atom stereocenters. The predicted molar refractivity (Wildman–Crippen MR) is 94.8 cm³/mol. The number of benzene rings is 1. The first kappa shape index (κ1) is 17.0. The van der Waals surface area contributed by atoms with Crippen molar-refractivity contribution < 1.29 is 9.59 Å². The van der Waals surface area contributed by atoms with E-state index in [0.717, 1.165) is 49.4 Å². The average molecular weight is 329 g/mol. The van der Waals surface area contributed by atoms with Gasteiger partial charge in [0.1, 0.15) is 0 Å². The first-order valence-electron chi connectivity index (χ1n) is 8.83. The number of aryl methyl sites for hydroxylation is 2. The van der Waals surface area contributed by atoms with Crippen LogP contribution in [0.1, 0.15) is 24.5 Å². The summed E-state index contributed by atoms with van der Waals surface area (Å²) in [4.78, 5) is 28.7. The number of hydrogen-bond acceptors (Lipinski definition) is 3. The number of anilines is 1. The number of carbonyl (C=O) groups is 2. The summed E-state index contributed by atoms with van der Waals surface area (Å²) in [5.74, 6) is 1.13. The van der Waals surface area contributed by atoms with Gasteiger partial charge in [0.05, 0.1) is 6.54 Å². The zero-order valence-electron chi connectivity index (χ0n) is 14.8. The molecular weight excluding hydrogens is 302 g/mol. The van der Waals surface area contributed by atoms with Crippen LogP contribution < -0.4 is 5.32 Å². The fraction of sp³-hybridized carbons (Fsp3) is 0.579. The number of nitrogens with one attached hydrogen (secondary N) is 1. The van der Waals surface area contributed by atoms with E-state index in [4.69, 9.17) is 0 Å². The van der Waals surface area contributed by atoms with Gasteiger partial charge in [-0.2, -0.15) is 0 Å². The third-order valence-corrected chi connectivity index (χ3v) is 5.22. The molecule has 2 aliphatic rings. The van der Waals surface area contributed by atoms with Crippen LogP contribution in [-0.2, 0) is 9.59 Å². The summed E-state index contributed by atoms with van der Waals surface area (Å²) in [5, 5.41) is 3.03. The van der Waals surface area contributed by atoms with Crippen LogP contribution in [0.25, 0.3) is 0 Å². The molecule has 5 nitrogen and oxygen atoms in total. The van der Waals surface area contributed by atoms with Gasteiger partial charge in [0.25, 0.3) is 0 Å². The van der Waals surface area contributed by atoms with E-state index in [-0.39, 0.29) is 11.8 Å². The van der Waals surface area contributed by atoms with E-state index in [1.54, 1.807) is 0 Å². The number of hydrogen-bond donors (Lipinski definition) is 1. The van der Waals surface area contributed by atoms with Crippen molar-refractivity contribution in [3.8, 4) is 0 Å². The molecule has 1 aliphatic heterocycles. The van der Waals surface area contributed by atoms with Crippen LogP contribution in [0.3, 0.4) is 0 Å². The van der Waals surface area contributed by atoms with Gasteiger partial charge in [-0.1, -0.05) is 25.1 Å². The quantitative estimate of drug-likeness (QED) is 0.920. The molecule has 130 valence electrons. The predicted octanol–water partition coefficient (Wildman–Crippen LogP) is 2.04. The zero-order valence-corrected chi connectivity index (χ0v) is 14.8. The molecule has 1 aromatic rings. The minimum absolute atomic E-state index is 0.0167. The van der Waals surface area contributed by atoms with Gasteiger partial charge >= 0.3 is 0 Å². The molecule has 2 fully saturated rings. The third-order valence-electron chi connectivity index (χ3n) is 5.22. The lowest BCUT2D eigenvalue weighted by Gasteiger charge is -2.34. The molecule has 1 saturated heterocycles. The van der Waals surface area contributed by atoms with E-state index in [2.05, 4.69) is 17.1 Å². The summed E-state index contributed by atoms with van der Waals surface area (Å²) in [6, 6.07) is 6.01. The molecule has 24 heavy (non-hydrogen) atoms. The second kappa shape index (κ2) is 6.93. The molecule has 1 aliphatic carbocycles. The summed E-state index contributed by atoms with van der Waals surface area (Å²) in [5.41, 5.74) is 3.08. The van der Waals surface area contributed by atoms with Crippen LogP contribution in [0, 0.1) is 25.7 Å². The Morgan fingerprint density at radius 2 is 1.71 bits per heavy atom. The Labute approximate surface area is 144 Å².